The van der Waals surface area contributed by atoms with Gasteiger partial charge in [0.1, 0.15) is 34.6 Å². The smallest absolute Gasteiger partial charge is 0.237 e. The van der Waals surface area contributed by atoms with E-state index in [2.05, 4.69) is 62.8 Å². The molecule has 3 amide bonds. The van der Waals surface area contributed by atoms with Crippen molar-refractivity contribution in [3.63, 3.8) is 0 Å². The van der Waals surface area contributed by atoms with Crippen LogP contribution in [0.3, 0.4) is 0 Å². The van der Waals surface area contributed by atoms with Crippen molar-refractivity contribution in [1.29, 1.82) is 0 Å². The number of Topliss-reactive ketones (excluding diaryl/α,β-unsaturated/α-hetero) is 3. The van der Waals surface area contributed by atoms with Gasteiger partial charge < -0.3 is 46.9 Å². The van der Waals surface area contributed by atoms with E-state index >= 15 is 0 Å². The Kier molecular flexibility index (Phi) is 39.6. The fourth-order valence-electron chi connectivity index (χ4n) is 13.0. The zero-order chi connectivity index (χ0) is 75.9. The van der Waals surface area contributed by atoms with E-state index in [4.69, 9.17) is 25.7 Å². The molecule has 0 radical (unpaired) electrons. The van der Waals surface area contributed by atoms with E-state index in [1.807, 2.05) is 212 Å². The summed E-state index contributed by atoms with van der Waals surface area (Å²) in [5.74, 6) is 3.65. The van der Waals surface area contributed by atoms with Crippen LogP contribution in [0.15, 0.2) is 164 Å². The number of benzene rings is 6. The van der Waals surface area contributed by atoms with E-state index in [-0.39, 0.29) is 82.5 Å². The molecule has 568 valence electrons. The molecule has 1 aliphatic heterocycles. The second-order valence-corrected chi connectivity index (χ2v) is 29.9. The third kappa shape index (κ3) is 31.0. The van der Waals surface area contributed by atoms with Gasteiger partial charge in [-0.05, 0) is 144 Å². The maximum atomic E-state index is 13.2. The SMILES string of the molecule is CCCC(C)COc1ccc([C@H](CNC(=O)[C@@H]2CCCN2)CC(=O)[C@@H](C)c2ccccc2)cc1.CCCC(C)COc1ccc([C@H](CNC(=O)[C@H](N)CC(C)C)CC(=O)[C@@H](C)c2ccccc2)cc1.CCCC(C)COc1ccc([C@H](CNC(=O)[C@H](N)[C@H](C)CC)CC(=O)[C@@H](C)c2ccccc2)cc1. The highest BCUT2D eigenvalue weighted by Gasteiger charge is 2.29. The fourth-order valence-corrected chi connectivity index (χ4v) is 13.0. The summed E-state index contributed by atoms with van der Waals surface area (Å²) in [5, 5.41) is 12.3. The predicted molar refractivity (Wildman–Crippen MR) is 425 cm³/mol. The first-order valence-corrected chi connectivity index (χ1v) is 38.9. The van der Waals surface area contributed by atoms with Crippen molar-refractivity contribution in [3.8, 4) is 17.2 Å². The molecular weight excluding hydrogens is 1300 g/mol. The first-order valence-electron chi connectivity index (χ1n) is 38.9. The fraction of sp³-hybridized carbons (Fsp3) is 0.528. The Balaban J connectivity index is 0.000000280. The summed E-state index contributed by atoms with van der Waals surface area (Å²) < 4.78 is 17.8. The molecule has 1 aliphatic rings. The van der Waals surface area contributed by atoms with Crippen LogP contribution < -0.4 is 46.9 Å². The maximum Gasteiger partial charge on any atom is 0.237 e. The van der Waals surface area contributed by atoms with Crippen LogP contribution in [0.2, 0.25) is 0 Å². The van der Waals surface area contributed by atoms with Crippen LogP contribution in [0.25, 0.3) is 0 Å². The molecule has 15 nitrogen and oxygen atoms in total. The minimum atomic E-state index is -0.555. The summed E-state index contributed by atoms with van der Waals surface area (Å²) in [7, 11) is 0. The molecule has 0 aliphatic carbocycles. The predicted octanol–water partition coefficient (Wildman–Crippen LogP) is 16.9. The molecule has 15 heteroatoms. The number of hydrogen-bond donors (Lipinski definition) is 6. The van der Waals surface area contributed by atoms with E-state index in [1.54, 1.807) is 0 Å². The van der Waals surface area contributed by atoms with Crippen LogP contribution in [-0.2, 0) is 28.8 Å². The highest BCUT2D eigenvalue weighted by Crippen LogP contribution is 2.31. The molecule has 0 bridgehead atoms. The lowest BCUT2D eigenvalue weighted by molar-refractivity contribution is -0.124. The molecule has 6 aromatic rings. The largest absolute Gasteiger partial charge is 0.493 e. The van der Waals surface area contributed by atoms with Crippen LogP contribution in [-0.4, -0.2) is 99.2 Å². The first kappa shape index (κ1) is 86.7. The van der Waals surface area contributed by atoms with Crippen molar-refractivity contribution in [1.82, 2.24) is 21.3 Å². The van der Waals surface area contributed by atoms with Gasteiger partial charge in [0.15, 0.2) is 0 Å². The molecule has 0 aromatic heterocycles. The van der Waals surface area contributed by atoms with Crippen LogP contribution in [0.1, 0.15) is 242 Å². The minimum absolute atomic E-state index is 0.0240. The standard InChI is InChI=1S/2C30H44N2O3.C29H40N2O3/c1-6-10-22(4)20-35-27-15-13-25(14-16-27)26(19-32-30(34)28(31)17-21(2)3)18-29(33)23(5)24-11-8-7-9-12-24;1-6-11-21(3)20-35-27-16-14-25(15-17-27)26(19-32-30(34)29(31)22(4)7-2)18-28(33)23(5)24-12-9-8-10-13-24;1-4-9-21(2)20-34-26-15-13-24(14-16-26)25(19-31-29(33)27-12-8-17-30-27)18-28(32)22(3)23-10-6-5-7-11-23/h7-9,11-16,21-23,26,28H,6,10,17-20,31H2,1-5H3,(H,32,34);8-10,12-17,21-23,26,29H,6-7,11,18-20,31H2,1-5H3,(H,32,34);5-7,10-11,13-16,21-22,25,27,30H,4,8-9,12,17-20H2,1-3H3,(H,31,33)/t22?,23-,26-,28+;21?,22-,23+,26+,29-;21?,22-,25-,27-/m010/s1. The van der Waals surface area contributed by atoms with Crippen molar-refractivity contribution in [2.45, 2.75) is 227 Å². The van der Waals surface area contributed by atoms with E-state index in [0.29, 0.717) is 88.8 Å². The second kappa shape index (κ2) is 47.5. The Morgan fingerprint density at radius 1 is 0.433 bits per heavy atom. The topological polar surface area (TPSA) is 230 Å². The van der Waals surface area contributed by atoms with Gasteiger partial charge in [0.05, 0.1) is 37.9 Å². The Bertz CT molecular complexity index is 3400. The lowest BCUT2D eigenvalue weighted by Gasteiger charge is -2.23. The molecule has 7 rings (SSSR count). The molecule has 3 unspecified atom stereocenters. The van der Waals surface area contributed by atoms with Gasteiger partial charge in [-0.2, -0.15) is 0 Å². The van der Waals surface area contributed by atoms with Crippen molar-refractivity contribution >= 4 is 35.1 Å². The summed E-state index contributed by atoms with van der Waals surface area (Å²) in [4.78, 5) is 77.4. The normalized spacial score (nSPS) is 16.1. The third-order valence-electron chi connectivity index (χ3n) is 20.3. The Morgan fingerprint density at radius 3 is 1.06 bits per heavy atom. The van der Waals surface area contributed by atoms with E-state index in [1.165, 1.54) is 0 Å². The number of nitrogens with two attached hydrogens (primary N) is 2. The van der Waals surface area contributed by atoms with Gasteiger partial charge in [0.25, 0.3) is 0 Å². The van der Waals surface area contributed by atoms with Gasteiger partial charge in [-0.1, -0.05) is 243 Å². The second-order valence-electron chi connectivity index (χ2n) is 29.9. The zero-order valence-corrected chi connectivity index (χ0v) is 65.1. The number of carbonyl (C=O) groups excluding carboxylic acids is 6. The number of ketones is 3. The van der Waals surface area contributed by atoms with Crippen LogP contribution in [0.4, 0.5) is 0 Å². The molecule has 8 N–H and O–H groups in total. The van der Waals surface area contributed by atoms with Gasteiger partial charge in [0.2, 0.25) is 17.7 Å². The quantitative estimate of drug-likeness (QED) is 0.0210. The van der Waals surface area contributed by atoms with Crippen molar-refractivity contribution in [2.24, 2.45) is 41.1 Å². The van der Waals surface area contributed by atoms with Crippen LogP contribution in [0.5, 0.6) is 17.2 Å². The number of carbonyl (C=O) groups is 6. The van der Waals surface area contributed by atoms with Gasteiger partial charge in [0, 0.05) is 74.4 Å². The number of ether oxygens (including phenoxy) is 3. The Morgan fingerprint density at radius 2 is 0.760 bits per heavy atom. The zero-order valence-electron chi connectivity index (χ0n) is 65.1. The number of hydrogen-bond acceptors (Lipinski definition) is 12. The molecular formula is C89H128N6O9. The highest BCUT2D eigenvalue weighted by molar-refractivity contribution is 5.88. The molecule has 1 fully saturated rings. The molecule has 0 saturated carbocycles. The maximum absolute atomic E-state index is 13.2. The van der Waals surface area contributed by atoms with E-state index in [9.17, 15) is 28.8 Å². The summed E-state index contributed by atoms with van der Waals surface area (Å²) in [6.45, 7) is 31.2. The Hall–Kier alpha value is -7.98. The molecule has 6 aromatic carbocycles. The Labute approximate surface area is 624 Å². The highest BCUT2D eigenvalue weighted by atomic mass is 16.5. The summed E-state index contributed by atoms with van der Waals surface area (Å²) in [6.07, 6.45) is 11.3. The van der Waals surface area contributed by atoms with Gasteiger partial charge in [-0.15, -0.1) is 0 Å². The van der Waals surface area contributed by atoms with Gasteiger partial charge in [-0.3, -0.25) is 28.8 Å². The summed E-state index contributed by atoms with van der Waals surface area (Å²) in [5.41, 5.74) is 18.3. The average Bonchev–Trinajstić information content (AvgIpc) is 0.870. The lowest BCUT2D eigenvalue weighted by atomic mass is 9.87. The summed E-state index contributed by atoms with van der Waals surface area (Å²) in [6, 6.07) is 52.2. The number of amides is 3. The van der Waals surface area contributed by atoms with Crippen molar-refractivity contribution in [2.75, 3.05) is 46.0 Å². The van der Waals surface area contributed by atoms with Crippen LogP contribution >= 0.6 is 0 Å². The van der Waals surface area contributed by atoms with Crippen molar-refractivity contribution < 1.29 is 43.0 Å². The molecule has 1 heterocycles. The first-order chi connectivity index (χ1) is 49.9. The van der Waals surface area contributed by atoms with Gasteiger partial charge in [-0.25, -0.2) is 0 Å². The lowest BCUT2D eigenvalue weighted by Crippen LogP contribution is -2.45. The number of rotatable bonds is 43. The third-order valence-corrected chi connectivity index (χ3v) is 20.3. The van der Waals surface area contributed by atoms with Crippen molar-refractivity contribution in [3.05, 3.63) is 197 Å². The summed E-state index contributed by atoms with van der Waals surface area (Å²) >= 11 is 0. The van der Waals surface area contributed by atoms with E-state index < -0.39 is 12.1 Å². The van der Waals surface area contributed by atoms with Crippen LogP contribution in [0, 0.1) is 29.6 Å². The minimum Gasteiger partial charge on any atom is -0.493 e. The monoisotopic (exact) mass is 1420 g/mol. The molecule has 13 atom stereocenters. The van der Waals surface area contributed by atoms with Gasteiger partial charge >= 0.3 is 0 Å². The van der Waals surface area contributed by atoms with E-state index in [0.717, 1.165) is 115 Å². The molecule has 0 spiro atoms. The number of nitrogens with one attached hydrogen (secondary N) is 4. The molecule has 104 heavy (non-hydrogen) atoms. The average molecular weight is 1430 g/mol. The molecule has 1 saturated heterocycles.